The van der Waals surface area contributed by atoms with E-state index in [1.807, 2.05) is 36.4 Å². The highest BCUT2D eigenvalue weighted by molar-refractivity contribution is 6.32. The van der Waals surface area contributed by atoms with Gasteiger partial charge in [0.05, 0.1) is 41.7 Å². The predicted octanol–water partition coefficient (Wildman–Crippen LogP) is 4.02. The molecule has 0 fully saturated rings. The summed E-state index contributed by atoms with van der Waals surface area (Å²) in [5.41, 5.74) is 3.31. The van der Waals surface area contributed by atoms with Gasteiger partial charge in [-0.15, -0.1) is 0 Å². The van der Waals surface area contributed by atoms with Crippen molar-refractivity contribution in [2.75, 3.05) is 27.4 Å². The Morgan fingerprint density at radius 3 is 2.60 bits per heavy atom. The summed E-state index contributed by atoms with van der Waals surface area (Å²) in [6, 6.07) is 13.6. The molecule has 9 nitrogen and oxygen atoms in total. The number of rotatable bonds is 8. The molecular formula is C25H25ClN4O5. The zero-order chi connectivity index (χ0) is 24.9. The number of carbonyl (C=O) groups excluding carboxylic acids is 2. The third-order valence-corrected chi connectivity index (χ3v) is 5.80. The van der Waals surface area contributed by atoms with Gasteiger partial charge in [-0.2, -0.15) is 5.10 Å². The largest absolute Gasteiger partial charge is 0.495 e. The number of ether oxygens (including phenoxy) is 3. The van der Waals surface area contributed by atoms with Crippen LogP contribution < -0.4 is 15.4 Å². The normalized spacial score (nSPS) is 15.4. The summed E-state index contributed by atoms with van der Waals surface area (Å²) in [7, 11) is 3.06. The van der Waals surface area contributed by atoms with Crippen molar-refractivity contribution in [3.8, 4) is 22.7 Å². The Balaban J connectivity index is 1.85. The molecule has 0 bridgehead atoms. The van der Waals surface area contributed by atoms with Crippen LogP contribution in [0.15, 0.2) is 66.0 Å². The Kier molecular flexibility index (Phi) is 7.38. The summed E-state index contributed by atoms with van der Waals surface area (Å²) >= 11 is 6.40. The molecular weight excluding hydrogens is 472 g/mol. The van der Waals surface area contributed by atoms with Crippen LogP contribution in [0.5, 0.6) is 5.75 Å². The van der Waals surface area contributed by atoms with Crippen molar-refractivity contribution in [3.63, 3.8) is 0 Å². The zero-order valence-corrected chi connectivity index (χ0v) is 20.3. The summed E-state index contributed by atoms with van der Waals surface area (Å²) in [5, 5.41) is 10.7. The van der Waals surface area contributed by atoms with E-state index < -0.39 is 18.0 Å². The van der Waals surface area contributed by atoms with E-state index in [-0.39, 0.29) is 18.8 Å². The van der Waals surface area contributed by atoms with Crippen LogP contribution in [0.25, 0.3) is 16.9 Å². The molecule has 0 saturated heterocycles. The average Bonchev–Trinajstić information content (AvgIpc) is 3.29. The Hall–Kier alpha value is -3.82. The van der Waals surface area contributed by atoms with Crippen molar-refractivity contribution < 1.29 is 23.8 Å². The molecule has 1 atom stereocenters. The van der Waals surface area contributed by atoms with Crippen LogP contribution in [-0.4, -0.2) is 49.2 Å². The summed E-state index contributed by atoms with van der Waals surface area (Å²) in [6.45, 7) is 1.99. The highest BCUT2D eigenvalue weighted by Crippen LogP contribution is 2.37. The number of benzene rings is 2. The molecule has 35 heavy (non-hydrogen) atoms. The molecule has 182 valence electrons. The predicted molar refractivity (Wildman–Crippen MR) is 131 cm³/mol. The first-order chi connectivity index (χ1) is 16.9. The maximum Gasteiger partial charge on any atom is 0.338 e. The van der Waals surface area contributed by atoms with Crippen LogP contribution in [0.2, 0.25) is 5.02 Å². The van der Waals surface area contributed by atoms with Crippen molar-refractivity contribution in [1.82, 2.24) is 20.4 Å². The molecule has 0 spiro atoms. The number of allylic oxidation sites excluding steroid dienone is 1. The fourth-order valence-corrected chi connectivity index (χ4v) is 4.10. The number of hydrogen-bond donors (Lipinski definition) is 2. The maximum absolute atomic E-state index is 13.0. The number of esters is 1. The minimum atomic E-state index is -0.813. The van der Waals surface area contributed by atoms with Crippen LogP contribution in [0.3, 0.4) is 0 Å². The number of methoxy groups -OCH3 is 2. The Bertz CT molecular complexity index is 1270. The van der Waals surface area contributed by atoms with Gasteiger partial charge in [-0.1, -0.05) is 29.8 Å². The quantitative estimate of drug-likeness (QED) is 0.360. The molecule has 3 aromatic rings. The fourth-order valence-electron chi connectivity index (χ4n) is 3.84. The molecule has 10 heteroatoms. The molecule has 1 aromatic heterocycles. The first kappa shape index (κ1) is 24.3. The second-order valence-corrected chi connectivity index (χ2v) is 8.17. The molecule has 0 unspecified atom stereocenters. The molecule has 0 saturated carbocycles. The number of carbonyl (C=O) groups is 2. The number of urea groups is 1. The number of nitrogens with one attached hydrogen (secondary N) is 2. The molecule has 1 aliphatic heterocycles. The molecule has 2 aromatic carbocycles. The first-order valence-corrected chi connectivity index (χ1v) is 11.2. The lowest BCUT2D eigenvalue weighted by Crippen LogP contribution is -2.45. The first-order valence-electron chi connectivity index (χ1n) is 10.9. The maximum atomic E-state index is 13.0. The van der Waals surface area contributed by atoms with Gasteiger partial charge in [-0.05, 0) is 37.3 Å². The Morgan fingerprint density at radius 1 is 1.14 bits per heavy atom. The molecule has 4 rings (SSSR count). The van der Waals surface area contributed by atoms with Gasteiger partial charge in [0.25, 0.3) is 0 Å². The van der Waals surface area contributed by atoms with Gasteiger partial charge in [0, 0.05) is 30.1 Å². The van der Waals surface area contributed by atoms with Gasteiger partial charge >= 0.3 is 12.0 Å². The van der Waals surface area contributed by atoms with Crippen LogP contribution in [0, 0.1) is 0 Å². The smallest absolute Gasteiger partial charge is 0.338 e. The van der Waals surface area contributed by atoms with Gasteiger partial charge in [-0.3, -0.25) is 0 Å². The van der Waals surface area contributed by atoms with Crippen molar-refractivity contribution >= 4 is 23.6 Å². The lowest BCUT2D eigenvalue weighted by atomic mass is 9.93. The van der Waals surface area contributed by atoms with E-state index in [9.17, 15) is 9.59 Å². The standard InChI is InChI=1S/C25H25ClN4O5/c1-15-21(24(31)35-12-11-33-2)23(28-25(32)27-15)18-14-30(17-7-5-4-6-8-17)29-22(18)16-9-10-20(34-3)19(26)13-16/h4-10,13-14,23H,11-12H2,1-3H3,(H2,27,28,32)/t23-/m0/s1. The summed E-state index contributed by atoms with van der Waals surface area (Å²) in [4.78, 5) is 25.5. The van der Waals surface area contributed by atoms with Crippen LogP contribution in [0.4, 0.5) is 4.79 Å². The van der Waals surface area contributed by atoms with Crippen LogP contribution in [-0.2, 0) is 14.3 Å². The molecule has 1 aliphatic rings. The minimum Gasteiger partial charge on any atom is -0.495 e. The van der Waals surface area contributed by atoms with E-state index >= 15 is 0 Å². The molecule has 0 aliphatic carbocycles. The number of para-hydroxylation sites is 1. The highest BCUT2D eigenvalue weighted by Gasteiger charge is 2.35. The minimum absolute atomic E-state index is 0.0804. The number of amides is 2. The summed E-state index contributed by atoms with van der Waals surface area (Å²) in [5.74, 6) is -0.0454. The van der Waals surface area contributed by atoms with Gasteiger partial charge in [-0.25, -0.2) is 14.3 Å². The molecule has 2 N–H and O–H groups in total. The third-order valence-electron chi connectivity index (χ3n) is 5.51. The van der Waals surface area contributed by atoms with Crippen LogP contribution in [0.1, 0.15) is 18.5 Å². The van der Waals surface area contributed by atoms with Crippen molar-refractivity contribution in [2.45, 2.75) is 13.0 Å². The van der Waals surface area contributed by atoms with Crippen LogP contribution >= 0.6 is 11.6 Å². The highest BCUT2D eigenvalue weighted by atomic mass is 35.5. The van der Waals surface area contributed by atoms with Crippen molar-refractivity contribution in [3.05, 3.63) is 76.6 Å². The summed E-state index contributed by atoms with van der Waals surface area (Å²) < 4.78 is 17.3. The monoisotopic (exact) mass is 496 g/mol. The molecule has 2 heterocycles. The lowest BCUT2D eigenvalue weighted by Gasteiger charge is -2.28. The van der Waals surface area contributed by atoms with Crippen molar-refractivity contribution in [1.29, 1.82) is 0 Å². The number of nitrogens with zero attached hydrogens (tertiary/aromatic N) is 2. The second kappa shape index (κ2) is 10.6. The third kappa shape index (κ3) is 5.16. The topological polar surface area (TPSA) is 104 Å². The van der Waals surface area contributed by atoms with E-state index in [0.717, 1.165) is 5.69 Å². The number of aromatic nitrogens is 2. The lowest BCUT2D eigenvalue weighted by molar-refractivity contribution is -0.140. The van der Waals surface area contributed by atoms with E-state index in [1.54, 1.807) is 29.9 Å². The summed E-state index contributed by atoms with van der Waals surface area (Å²) in [6.07, 6.45) is 1.79. The van der Waals surface area contributed by atoms with E-state index in [1.165, 1.54) is 14.2 Å². The number of halogens is 1. The SMILES string of the molecule is COCCOC(=O)C1=C(C)NC(=O)N[C@H]1c1cn(-c2ccccc2)nc1-c1ccc(OC)c(Cl)c1. The van der Waals surface area contributed by atoms with Gasteiger partial charge in [0.15, 0.2) is 0 Å². The second-order valence-electron chi connectivity index (χ2n) is 7.76. The molecule has 2 amide bonds. The van der Waals surface area contributed by atoms with E-state index in [0.29, 0.717) is 33.3 Å². The Labute approximate surface area is 207 Å². The van der Waals surface area contributed by atoms with E-state index in [4.69, 9.17) is 30.9 Å². The van der Waals surface area contributed by atoms with E-state index in [2.05, 4.69) is 10.6 Å². The Morgan fingerprint density at radius 2 is 1.91 bits per heavy atom. The van der Waals surface area contributed by atoms with Gasteiger partial charge < -0.3 is 24.8 Å². The van der Waals surface area contributed by atoms with Crippen molar-refractivity contribution in [2.24, 2.45) is 0 Å². The fraction of sp³-hybridized carbons (Fsp3) is 0.240. The number of hydrogen-bond acceptors (Lipinski definition) is 6. The average molecular weight is 497 g/mol. The molecule has 0 radical (unpaired) electrons. The van der Waals surface area contributed by atoms with Gasteiger partial charge in [0.2, 0.25) is 0 Å². The zero-order valence-electron chi connectivity index (χ0n) is 19.5. The van der Waals surface area contributed by atoms with Gasteiger partial charge in [0.1, 0.15) is 12.4 Å².